The number of ether oxygens (including phenoxy) is 1. The third-order valence-electron chi connectivity index (χ3n) is 4.90. The van der Waals surface area contributed by atoms with Crippen LogP contribution in [0.4, 0.5) is 0 Å². The fourth-order valence-corrected chi connectivity index (χ4v) is 3.84. The van der Waals surface area contributed by atoms with Crippen molar-refractivity contribution in [2.24, 2.45) is 5.41 Å². The lowest BCUT2D eigenvalue weighted by molar-refractivity contribution is -0.116. The van der Waals surface area contributed by atoms with E-state index in [1.54, 1.807) is 0 Å². The number of hydrogen-bond acceptors (Lipinski definition) is 3. The lowest BCUT2D eigenvalue weighted by atomic mass is 9.74. The number of aliphatic hydroxyl groups is 1. The first-order chi connectivity index (χ1) is 12.7. The highest BCUT2D eigenvalue weighted by molar-refractivity contribution is 6.32. The predicted molar refractivity (Wildman–Crippen MR) is 110 cm³/mol. The molecule has 3 rings (SSSR count). The van der Waals surface area contributed by atoms with Crippen molar-refractivity contribution in [2.75, 3.05) is 0 Å². The molecule has 0 spiro atoms. The van der Waals surface area contributed by atoms with Crippen LogP contribution in [0.25, 0.3) is 5.57 Å². The fraction of sp³-hybridized carbons (Fsp3) is 0.348. The van der Waals surface area contributed by atoms with Crippen LogP contribution in [-0.4, -0.2) is 10.9 Å². The van der Waals surface area contributed by atoms with Gasteiger partial charge in [0.15, 0.2) is 5.78 Å². The molecule has 0 aromatic heterocycles. The largest absolute Gasteiger partial charge is 0.512 e. The molecule has 0 unspecified atom stereocenters. The third-order valence-corrected chi connectivity index (χ3v) is 5.19. The minimum atomic E-state index is -0.222. The molecule has 4 heteroatoms. The molecular weight excluding hydrogens is 360 g/mol. The van der Waals surface area contributed by atoms with Gasteiger partial charge in [0.25, 0.3) is 0 Å². The highest BCUT2D eigenvalue weighted by Crippen LogP contribution is 2.41. The van der Waals surface area contributed by atoms with Crippen LogP contribution >= 0.6 is 11.6 Å². The molecule has 142 valence electrons. The van der Waals surface area contributed by atoms with Gasteiger partial charge in [-0.05, 0) is 59.7 Å². The zero-order valence-electron chi connectivity index (χ0n) is 16.2. The second-order valence-corrected chi connectivity index (χ2v) is 8.38. The Bertz CT molecular complexity index is 925. The molecule has 0 fully saturated rings. The summed E-state index contributed by atoms with van der Waals surface area (Å²) in [6.45, 7) is 8.00. The van der Waals surface area contributed by atoms with Crippen LogP contribution in [-0.2, 0) is 11.2 Å². The van der Waals surface area contributed by atoms with Gasteiger partial charge in [0, 0.05) is 12.8 Å². The first-order valence-corrected chi connectivity index (χ1v) is 9.60. The summed E-state index contributed by atoms with van der Waals surface area (Å²) < 4.78 is 5.96. The van der Waals surface area contributed by atoms with Gasteiger partial charge >= 0.3 is 0 Å². The number of carbonyl (C=O) groups is 1. The maximum absolute atomic E-state index is 12.8. The van der Waals surface area contributed by atoms with Crippen LogP contribution in [0.1, 0.15) is 50.3 Å². The van der Waals surface area contributed by atoms with Crippen LogP contribution in [0.3, 0.4) is 0 Å². The van der Waals surface area contributed by atoms with Gasteiger partial charge in [-0.2, -0.15) is 0 Å². The molecule has 0 saturated carbocycles. The molecule has 0 atom stereocenters. The molecule has 0 bridgehead atoms. The lowest BCUT2D eigenvalue weighted by Gasteiger charge is -2.30. The normalized spacial score (nSPS) is 16.6. The standard InChI is InChI=1S/C23H25ClO3/c1-5-15-7-8-16(27-21-9-6-14(2)10-18(21)24)11-17(15)22-19(25)12-23(3,4)13-20(22)26/h6-11,25H,5,12-13H2,1-4H3. The first kappa shape index (κ1) is 19.5. The summed E-state index contributed by atoms with van der Waals surface area (Å²) in [5, 5.41) is 11.1. The molecule has 0 radical (unpaired) electrons. The summed E-state index contributed by atoms with van der Waals surface area (Å²) in [5.74, 6) is 1.29. The second kappa shape index (κ2) is 7.40. The van der Waals surface area contributed by atoms with Crippen molar-refractivity contribution >= 4 is 23.0 Å². The smallest absolute Gasteiger partial charge is 0.167 e. The molecule has 0 saturated heterocycles. The van der Waals surface area contributed by atoms with Crippen LogP contribution in [0.2, 0.25) is 5.02 Å². The molecular formula is C23H25ClO3. The van der Waals surface area contributed by atoms with E-state index < -0.39 is 0 Å². The van der Waals surface area contributed by atoms with Gasteiger partial charge < -0.3 is 9.84 Å². The van der Waals surface area contributed by atoms with Crippen LogP contribution in [0.5, 0.6) is 11.5 Å². The van der Waals surface area contributed by atoms with E-state index in [-0.39, 0.29) is 17.0 Å². The Kier molecular flexibility index (Phi) is 5.34. The summed E-state index contributed by atoms with van der Waals surface area (Å²) in [7, 11) is 0. The van der Waals surface area contributed by atoms with Gasteiger partial charge in [0.1, 0.15) is 17.3 Å². The number of hydrogen-bond donors (Lipinski definition) is 1. The maximum atomic E-state index is 12.8. The van der Waals surface area contributed by atoms with Crippen LogP contribution in [0.15, 0.2) is 42.2 Å². The van der Waals surface area contributed by atoms with Crippen molar-refractivity contribution < 1.29 is 14.6 Å². The molecule has 0 amide bonds. The Morgan fingerprint density at radius 1 is 1.15 bits per heavy atom. The average molecular weight is 385 g/mol. The van der Waals surface area contributed by atoms with Crippen LogP contribution in [0, 0.1) is 12.3 Å². The average Bonchev–Trinajstić information content (AvgIpc) is 2.56. The molecule has 0 heterocycles. The zero-order chi connectivity index (χ0) is 19.8. The molecule has 3 nitrogen and oxygen atoms in total. The molecule has 1 aliphatic rings. The molecule has 0 aliphatic heterocycles. The van der Waals surface area contributed by atoms with Gasteiger partial charge in [-0.1, -0.05) is 44.5 Å². The number of aryl methyl sites for hydroxylation is 2. The summed E-state index contributed by atoms with van der Waals surface area (Å²) in [5.41, 5.74) is 3.01. The number of allylic oxidation sites excluding steroid dienone is 2. The third kappa shape index (κ3) is 4.19. The van der Waals surface area contributed by atoms with Crippen molar-refractivity contribution in [2.45, 2.75) is 47.0 Å². The number of benzene rings is 2. The molecule has 27 heavy (non-hydrogen) atoms. The quantitative estimate of drug-likeness (QED) is 0.640. The maximum Gasteiger partial charge on any atom is 0.167 e. The zero-order valence-corrected chi connectivity index (χ0v) is 17.0. The van der Waals surface area contributed by atoms with Crippen molar-refractivity contribution in [1.29, 1.82) is 0 Å². The summed E-state index contributed by atoms with van der Waals surface area (Å²) in [4.78, 5) is 12.8. The number of carbonyl (C=O) groups excluding carboxylic acids is 1. The van der Waals surface area contributed by atoms with E-state index in [0.29, 0.717) is 34.9 Å². The Morgan fingerprint density at radius 3 is 2.52 bits per heavy atom. The monoisotopic (exact) mass is 384 g/mol. The highest BCUT2D eigenvalue weighted by atomic mass is 35.5. The Balaban J connectivity index is 2.03. The molecule has 2 aromatic carbocycles. The Labute approximate surface area is 165 Å². The van der Waals surface area contributed by atoms with E-state index in [0.717, 1.165) is 23.1 Å². The van der Waals surface area contributed by atoms with E-state index in [4.69, 9.17) is 16.3 Å². The second-order valence-electron chi connectivity index (χ2n) is 7.97. The highest BCUT2D eigenvalue weighted by Gasteiger charge is 2.34. The number of aliphatic hydroxyl groups excluding tert-OH is 1. The number of Topliss-reactive ketones (excluding diaryl/α,β-unsaturated/α-hetero) is 1. The van der Waals surface area contributed by atoms with E-state index in [9.17, 15) is 9.90 Å². The van der Waals surface area contributed by atoms with Crippen molar-refractivity contribution in [3.8, 4) is 11.5 Å². The van der Waals surface area contributed by atoms with E-state index in [2.05, 4.69) is 0 Å². The van der Waals surface area contributed by atoms with Gasteiger partial charge in [0.2, 0.25) is 0 Å². The minimum absolute atomic E-state index is 0.0241. The van der Waals surface area contributed by atoms with Gasteiger partial charge in [-0.15, -0.1) is 0 Å². The summed E-state index contributed by atoms with van der Waals surface area (Å²) in [6, 6.07) is 11.3. The van der Waals surface area contributed by atoms with Crippen LogP contribution < -0.4 is 4.74 Å². The topological polar surface area (TPSA) is 46.5 Å². The molecule has 2 aromatic rings. The molecule has 1 aliphatic carbocycles. The Morgan fingerprint density at radius 2 is 1.89 bits per heavy atom. The van der Waals surface area contributed by atoms with E-state index in [1.807, 2.05) is 64.1 Å². The first-order valence-electron chi connectivity index (χ1n) is 9.23. The number of rotatable bonds is 4. The van der Waals surface area contributed by atoms with Gasteiger partial charge in [0.05, 0.1) is 10.6 Å². The molecule has 1 N–H and O–H groups in total. The number of ketones is 1. The van der Waals surface area contributed by atoms with Crippen molar-refractivity contribution in [1.82, 2.24) is 0 Å². The fourth-order valence-electron chi connectivity index (χ4n) is 3.57. The van der Waals surface area contributed by atoms with Gasteiger partial charge in [-0.3, -0.25) is 4.79 Å². The van der Waals surface area contributed by atoms with E-state index in [1.165, 1.54) is 0 Å². The van der Waals surface area contributed by atoms with Crippen molar-refractivity contribution in [3.63, 3.8) is 0 Å². The SMILES string of the molecule is CCc1ccc(Oc2ccc(C)cc2Cl)cc1C1=C(O)CC(C)(C)CC1=O. The summed E-state index contributed by atoms with van der Waals surface area (Å²) >= 11 is 6.28. The number of halogens is 1. The van der Waals surface area contributed by atoms with E-state index >= 15 is 0 Å². The summed E-state index contributed by atoms with van der Waals surface area (Å²) in [6.07, 6.45) is 1.67. The Hall–Kier alpha value is -2.26. The lowest BCUT2D eigenvalue weighted by Crippen LogP contribution is -2.25. The van der Waals surface area contributed by atoms with Gasteiger partial charge in [-0.25, -0.2) is 0 Å². The van der Waals surface area contributed by atoms with Crippen molar-refractivity contribution in [3.05, 3.63) is 63.9 Å². The minimum Gasteiger partial charge on any atom is -0.512 e. The predicted octanol–water partition coefficient (Wildman–Crippen LogP) is 6.66.